The number of ether oxygens (including phenoxy) is 3. The minimum Gasteiger partial charge on any atom is -0.497 e. The summed E-state index contributed by atoms with van der Waals surface area (Å²) in [5.74, 6) is -0.231. The summed E-state index contributed by atoms with van der Waals surface area (Å²) in [7, 11) is 3.00. The van der Waals surface area contributed by atoms with E-state index < -0.39 is 11.8 Å². The number of carbonyl (C=O) groups excluding carboxylic acids is 2. The van der Waals surface area contributed by atoms with E-state index in [0.29, 0.717) is 17.2 Å². The van der Waals surface area contributed by atoms with Crippen molar-refractivity contribution in [1.82, 2.24) is 0 Å². The summed E-state index contributed by atoms with van der Waals surface area (Å²) >= 11 is 6.05. The van der Waals surface area contributed by atoms with Crippen molar-refractivity contribution in [3.8, 4) is 17.2 Å². The molecule has 0 N–H and O–H groups in total. The number of benzene rings is 2. The Balaban J connectivity index is 1.91. The number of methoxy groups -OCH3 is 2. The minimum atomic E-state index is -0.651. The SMILES string of the molecule is COc1ccc(N2C(=O)C(Cl)=C(Oc3ccccc3OC)C2=O)cc1. The lowest BCUT2D eigenvalue weighted by Crippen LogP contribution is -2.31. The molecule has 0 aliphatic carbocycles. The van der Waals surface area contributed by atoms with E-state index in [1.54, 1.807) is 48.5 Å². The zero-order valence-electron chi connectivity index (χ0n) is 13.5. The number of imide groups is 1. The number of anilines is 1. The van der Waals surface area contributed by atoms with Crippen LogP contribution in [0.25, 0.3) is 0 Å². The number of hydrogen-bond acceptors (Lipinski definition) is 5. The number of rotatable bonds is 5. The predicted molar refractivity (Wildman–Crippen MR) is 92.0 cm³/mol. The van der Waals surface area contributed by atoms with Crippen molar-refractivity contribution in [3.63, 3.8) is 0 Å². The number of nitrogens with zero attached hydrogens (tertiary/aromatic N) is 1. The molecule has 0 saturated carbocycles. The van der Waals surface area contributed by atoms with Crippen LogP contribution < -0.4 is 19.1 Å². The van der Waals surface area contributed by atoms with Gasteiger partial charge in [-0.25, -0.2) is 4.90 Å². The zero-order valence-corrected chi connectivity index (χ0v) is 14.2. The zero-order chi connectivity index (χ0) is 18.0. The van der Waals surface area contributed by atoms with Crippen molar-refractivity contribution >= 4 is 29.1 Å². The number of amides is 2. The third kappa shape index (κ3) is 3.04. The molecule has 25 heavy (non-hydrogen) atoms. The number of halogens is 1. The second kappa shape index (κ2) is 6.86. The molecule has 6 nitrogen and oxygen atoms in total. The summed E-state index contributed by atoms with van der Waals surface area (Å²) in [6.45, 7) is 0. The van der Waals surface area contributed by atoms with Crippen molar-refractivity contribution in [1.29, 1.82) is 0 Å². The molecule has 0 saturated heterocycles. The fourth-order valence-electron chi connectivity index (χ4n) is 2.35. The molecule has 1 heterocycles. The van der Waals surface area contributed by atoms with Gasteiger partial charge in [0, 0.05) is 0 Å². The van der Waals surface area contributed by atoms with E-state index in [1.165, 1.54) is 14.2 Å². The first kappa shape index (κ1) is 16.9. The van der Waals surface area contributed by atoms with Crippen LogP contribution in [0.1, 0.15) is 0 Å². The Morgan fingerprint density at radius 2 is 1.48 bits per heavy atom. The molecule has 0 radical (unpaired) electrons. The largest absolute Gasteiger partial charge is 0.497 e. The van der Waals surface area contributed by atoms with Crippen molar-refractivity contribution in [2.24, 2.45) is 0 Å². The van der Waals surface area contributed by atoms with Gasteiger partial charge in [-0.05, 0) is 36.4 Å². The number of hydrogen-bond donors (Lipinski definition) is 0. The summed E-state index contributed by atoms with van der Waals surface area (Å²) in [6, 6.07) is 13.2. The van der Waals surface area contributed by atoms with Gasteiger partial charge >= 0.3 is 5.91 Å². The summed E-state index contributed by atoms with van der Waals surface area (Å²) in [4.78, 5) is 26.0. The third-order valence-corrected chi connectivity index (χ3v) is 3.93. The maximum Gasteiger partial charge on any atom is 0.302 e. The number of para-hydroxylation sites is 2. The number of carbonyl (C=O) groups is 2. The van der Waals surface area contributed by atoms with Gasteiger partial charge in [-0.2, -0.15) is 0 Å². The van der Waals surface area contributed by atoms with E-state index in [0.717, 1.165) is 4.90 Å². The highest BCUT2D eigenvalue weighted by Gasteiger charge is 2.41. The lowest BCUT2D eigenvalue weighted by molar-refractivity contribution is -0.121. The molecule has 0 aromatic heterocycles. The fraction of sp³-hybridized carbons (Fsp3) is 0.111. The molecule has 7 heteroatoms. The summed E-state index contributed by atoms with van der Waals surface area (Å²) in [5.41, 5.74) is 0.368. The first-order valence-corrected chi connectivity index (χ1v) is 7.68. The van der Waals surface area contributed by atoms with E-state index in [9.17, 15) is 9.59 Å². The molecule has 0 spiro atoms. The van der Waals surface area contributed by atoms with Crippen LogP contribution in [0, 0.1) is 0 Å². The fourth-order valence-corrected chi connectivity index (χ4v) is 2.55. The van der Waals surface area contributed by atoms with Crippen molar-refractivity contribution < 1.29 is 23.8 Å². The van der Waals surface area contributed by atoms with Gasteiger partial charge in [0.05, 0.1) is 19.9 Å². The molecule has 2 amide bonds. The van der Waals surface area contributed by atoms with Crippen molar-refractivity contribution in [2.45, 2.75) is 0 Å². The van der Waals surface area contributed by atoms with Gasteiger partial charge in [-0.15, -0.1) is 0 Å². The Bertz CT molecular complexity index is 860. The lowest BCUT2D eigenvalue weighted by Gasteiger charge is -2.15. The van der Waals surface area contributed by atoms with Gasteiger partial charge in [-0.3, -0.25) is 9.59 Å². The Kier molecular flexibility index (Phi) is 4.63. The van der Waals surface area contributed by atoms with Crippen LogP contribution in [0.3, 0.4) is 0 Å². The van der Waals surface area contributed by atoms with Gasteiger partial charge in [0.25, 0.3) is 5.91 Å². The first-order valence-electron chi connectivity index (χ1n) is 7.30. The van der Waals surface area contributed by atoms with Crippen LogP contribution in [0.2, 0.25) is 0 Å². The van der Waals surface area contributed by atoms with E-state index in [4.69, 9.17) is 25.8 Å². The average Bonchev–Trinajstić information content (AvgIpc) is 2.86. The maximum atomic E-state index is 12.7. The quantitative estimate of drug-likeness (QED) is 0.767. The van der Waals surface area contributed by atoms with Crippen LogP contribution in [-0.4, -0.2) is 26.0 Å². The molecule has 0 unspecified atom stereocenters. The molecule has 0 atom stereocenters. The second-order valence-corrected chi connectivity index (χ2v) is 5.42. The molecular weight excluding hydrogens is 346 g/mol. The standard InChI is InChI=1S/C18H14ClNO5/c1-23-12-9-7-11(8-10-12)20-17(21)15(19)16(18(20)22)25-14-6-4-3-5-13(14)24-2/h3-10H,1-2H3. The van der Waals surface area contributed by atoms with Gasteiger partial charge in [0.15, 0.2) is 16.5 Å². The van der Waals surface area contributed by atoms with Crippen LogP contribution in [-0.2, 0) is 9.59 Å². The highest BCUT2D eigenvalue weighted by Crippen LogP contribution is 2.34. The molecule has 128 valence electrons. The molecule has 1 aliphatic rings. The monoisotopic (exact) mass is 359 g/mol. The molecule has 2 aromatic carbocycles. The van der Waals surface area contributed by atoms with Gasteiger partial charge in [-0.1, -0.05) is 23.7 Å². The van der Waals surface area contributed by atoms with E-state index in [1.807, 2.05) is 0 Å². The van der Waals surface area contributed by atoms with Crippen molar-refractivity contribution in [3.05, 3.63) is 59.3 Å². The third-order valence-electron chi connectivity index (χ3n) is 3.60. The molecule has 3 rings (SSSR count). The molecular formula is C18H14ClNO5. The van der Waals surface area contributed by atoms with Crippen LogP contribution >= 0.6 is 11.6 Å². The summed E-state index contributed by atoms with van der Waals surface area (Å²) in [6.07, 6.45) is 0. The van der Waals surface area contributed by atoms with Crippen LogP contribution in [0.4, 0.5) is 5.69 Å². The molecule has 1 aliphatic heterocycles. The van der Waals surface area contributed by atoms with E-state index in [-0.39, 0.29) is 16.5 Å². The average molecular weight is 360 g/mol. The molecule has 0 fully saturated rings. The Hall–Kier alpha value is -2.99. The first-order chi connectivity index (χ1) is 12.1. The maximum absolute atomic E-state index is 12.7. The second-order valence-electron chi connectivity index (χ2n) is 5.04. The van der Waals surface area contributed by atoms with Crippen LogP contribution in [0.5, 0.6) is 17.2 Å². The normalized spacial score (nSPS) is 14.1. The molecule has 2 aromatic rings. The summed E-state index contributed by atoms with van der Waals surface area (Å²) in [5, 5.41) is -0.285. The van der Waals surface area contributed by atoms with E-state index >= 15 is 0 Å². The van der Waals surface area contributed by atoms with E-state index in [2.05, 4.69) is 0 Å². The lowest BCUT2D eigenvalue weighted by atomic mass is 10.3. The smallest absolute Gasteiger partial charge is 0.302 e. The highest BCUT2D eigenvalue weighted by atomic mass is 35.5. The molecule has 0 bridgehead atoms. The van der Waals surface area contributed by atoms with Crippen LogP contribution in [0.15, 0.2) is 59.3 Å². The summed E-state index contributed by atoms with van der Waals surface area (Å²) < 4.78 is 15.8. The van der Waals surface area contributed by atoms with Gasteiger partial charge in [0.1, 0.15) is 5.75 Å². The Labute approximate surface area is 149 Å². The van der Waals surface area contributed by atoms with Gasteiger partial charge in [0.2, 0.25) is 5.76 Å². The topological polar surface area (TPSA) is 65.1 Å². The highest BCUT2D eigenvalue weighted by molar-refractivity contribution is 6.52. The predicted octanol–water partition coefficient (Wildman–Crippen LogP) is 3.11. The Morgan fingerprint density at radius 1 is 0.840 bits per heavy atom. The van der Waals surface area contributed by atoms with Gasteiger partial charge < -0.3 is 14.2 Å². The Morgan fingerprint density at radius 3 is 2.08 bits per heavy atom. The minimum absolute atomic E-state index is 0.244. The van der Waals surface area contributed by atoms with Crippen molar-refractivity contribution in [2.75, 3.05) is 19.1 Å².